The lowest BCUT2D eigenvalue weighted by atomic mass is 10.0. The summed E-state index contributed by atoms with van der Waals surface area (Å²) in [7, 11) is 0. The minimum Gasteiger partial charge on any atom is -0.439 e. The fourth-order valence-corrected chi connectivity index (χ4v) is 4.00. The minimum atomic E-state index is -0.918. The second kappa shape index (κ2) is 5.32. The molecule has 4 rings (SSSR count). The van der Waals surface area contributed by atoms with Gasteiger partial charge in [0.15, 0.2) is 17.3 Å². The van der Waals surface area contributed by atoms with Crippen LogP contribution < -0.4 is 0 Å². The van der Waals surface area contributed by atoms with E-state index in [4.69, 9.17) is 4.42 Å². The predicted molar refractivity (Wildman–Crippen MR) is 87.3 cm³/mol. The van der Waals surface area contributed by atoms with Gasteiger partial charge in [0.2, 0.25) is 5.89 Å². The van der Waals surface area contributed by atoms with Gasteiger partial charge in [0.05, 0.1) is 6.07 Å². The molecular weight excluding hydrogens is 308 g/mol. The molecule has 0 bridgehead atoms. The summed E-state index contributed by atoms with van der Waals surface area (Å²) in [5.41, 5.74) is 1.29. The Kier molecular flexibility index (Phi) is 3.28. The summed E-state index contributed by atoms with van der Waals surface area (Å²) >= 11 is 1.72. The molecule has 4 nitrogen and oxygen atoms in total. The van der Waals surface area contributed by atoms with Gasteiger partial charge >= 0.3 is 0 Å². The molecule has 1 aromatic carbocycles. The van der Waals surface area contributed by atoms with Crippen LogP contribution in [0, 0.1) is 24.2 Å². The van der Waals surface area contributed by atoms with Crippen LogP contribution in [-0.2, 0) is 4.79 Å². The van der Waals surface area contributed by atoms with Gasteiger partial charge in [-0.05, 0) is 37.6 Å². The zero-order valence-corrected chi connectivity index (χ0v) is 13.3. The molecule has 5 heteroatoms. The fraction of sp³-hybridized carbons (Fsp3) is 0.278. The van der Waals surface area contributed by atoms with Crippen LogP contribution in [-0.4, -0.2) is 10.8 Å². The van der Waals surface area contributed by atoms with E-state index < -0.39 is 5.92 Å². The van der Waals surface area contributed by atoms with Crippen LogP contribution in [0.2, 0.25) is 0 Å². The first-order valence-electron chi connectivity index (χ1n) is 7.52. The lowest BCUT2D eigenvalue weighted by molar-refractivity contribution is -0.121. The number of carbonyl (C=O) groups is 1. The Labute approximate surface area is 137 Å². The summed E-state index contributed by atoms with van der Waals surface area (Å²) in [4.78, 5) is 19.5. The predicted octanol–water partition coefficient (Wildman–Crippen LogP) is 4.18. The zero-order chi connectivity index (χ0) is 16.0. The zero-order valence-electron chi connectivity index (χ0n) is 12.5. The second-order valence-corrected chi connectivity index (χ2v) is 7.20. The number of fused-ring (bicyclic) bond motifs is 1. The van der Waals surface area contributed by atoms with Gasteiger partial charge in [-0.15, -0.1) is 11.3 Å². The molecule has 0 unspecified atom stereocenters. The van der Waals surface area contributed by atoms with Crippen molar-refractivity contribution in [2.45, 2.75) is 25.2 Å². The molecule has 1 saturated carbocycles. The standard InChI is InChI=1S/C18H14N2O2S/c1-10-6-7-16(23-10)11-8-12(11)17(21)13(9-19)18-20-14-4-2-3-5-15(14)22-18/h2-7,11-13H,8H2,1H3/t11-,12+,13+/m1/s1. The third kappa shape index (κ3) is 2.45. The summed E-state index contributed by atoms with van der Waals surface area (Å²) in [6.07, 6.45) is 0.817. The quantitative estimate of drug-likeness (QED) is 0.722. The number of ketones is 1. The first-order chi connectivity index (χ1) is 11.2. The summed E-state index contributed by atoms with van der Waals surface area (Å²) in [6.45, 7) is 2.06. The molecule has 114 valence electrons. The molecule has 3 atom stereocenters. The Balaban J connectivity index is 1.58. The van der Waals surface area contributed by atoms with E-state index in [1.165, 1.54) is 9.75 Å². The number of hydrogen-bond donors (Lipinski definition) is 0. The van der Waals surface area contributed by atoms with Crippen LogP contribution in [0.5, 0.6) is 0 Å². The summed E-state index contributed by atoms with van der Waals surface area (Å²) < 4.78 is 5.61. The Morgan fingerprint density at radius 2 is 2.22 bits per heavy atom. The second-order valence-electron chi connectivity index (χ2n) is 5.88. The highest BCUT2D eigenvalue weighted by Crippen LogP contribution is 2.51. The Hall–Kier alpha value is -2.45. The maximum Gasteiger partial charge on any atom is 0.220 e. The van der Waals surface area contributed by atoms with Crippen LogP contribution in [0.1, 0.15) is 33.9 Å². The molecule has 0 aliphatic heterocycles. The molecule has 0 N–H and O–H groups in total. The first kappa shape index (κ1) is 14.2. The maximum atomic E-state index is 12.7. The maximum absolute atomic E-state index is 12.7. The van der Waals surface area contributed by atoms with Crippen molar-refractivity contribution in [2.75, 3.05) is 0 Å². The highest BCUT2D eigenvalue weighted by Gasteiger charge is 2.48. The SMILES string of the molecule is Cc1ccc([C@@H]2C[C@@H]2C(=O)[C@H](C#N)c2nc3ccccc3o2)s1. The number of Topliss-reactive ketones (excluding diaryl/α,β-unsaturated/α-hetero) is 1. The number of nitriles is 1. The van der Waals surface area contributed by atoms with Crippen LogP contribution in [0.15, 0.2) is 40.8 Å². The van der Waals surface area contributed by atoms with Crippen molar-refractivity contribution >= 4 is 28.2 Å². The van der Waals surface area contributed by atoms with Gasteiger partial charge in [-0.25, -0.2) is 4.98 Å². The number of rotatable bonds is 4. The summed E-state index contributed by atoms with van der Waals surface area (Å²) in [6, 6.07) is 13.5. The van der Waals surface area contributed by atoms with Crippen molar-refractivity contribution in [3.63, 3.8) is 0 Å². The van der Waals surface area contributed by atoms with Crippen LogP contribution >= 0.6 is 11.3 Å². The lowest BCUT2D eigenvalue weighted by Crippen LogP contribution is -2.14. The number of aryl methyl sites for hydroxylation is 1. The van der Waals surface area contributed by atoms with Gasteiger partial charge in [-0.2, -0.15) is 5.26 Å². The molecule has 1 aliphatic carbocycles. The Morgan fingerprint density at radius 3 is 2.91 bits per heavy atom. The molecule has 0 amide bonds. The van der Waals surface area contributed by atoms with Gasteiger partial charge in [-0.3, -0.25) is 4.79 Å². The number of para-hydroxylation sites is 2. The Bertz CT molecular complexity index is 901. The highest BCUT2D eigenvalue weighted by molar-refractivity contribution is 7.12. The average Bonchev–Trinajstić information content (AvgIpc) is 3.05. The molecule has 23 heavy (non-hydrogen) atoms. The molecular formula is C18H14N2O2S. The molecule has 1 aliphatic rings. The number of carbonyl (C=O) groups excluding carboxylic acids is 1. The van der Waals surface area contributed by atoms with Crippen LogP contribution in [0.25, 0.3) is 11.1 Å². The number of thiophene rings is 1. The van der Waals surface area contributed by atoms with E-state index in [2.05, 4.69) is 30.1 Å². The van der Waals surface area contributed by atoms with Crippen LogP contribution in [0.3, 0.4) is 0 Å². The minimum absolute atomic E-state index is 0.0740. The van der Waals surface area contributed by atoms with Gasteiger partial charge in [-0.1, -0.05) is 12.1 Å². The molecule has 2 heterocycles. The van der Waals surface area contributed by atoms with Crippen molar-refractivity contribution in [3.8, 4) is 6.07 Å². The molecule has 0 spiro atoms. The smallest absolute Gasteiger partial charge is 0.220 e. The lowest BCUT2D eigenvalue weighted by Gasteiger charge is -2.03. The third-order valence-corrected chi connectivity index (χ3v) is 5.39. The van der Waals surface area contributed by atoms with Crippen molar-refractivity contribution in [1.82, 2.24) is 4.98 Å². The monoisotopic (exact) mass is 322 g/mol. The van der Waals surface area contributed by atoms with E-state index in [1.807, 2.05) is 18.2 Å². The largest absolute Gasteiger partial charge is 0.439 e. The van der Waals surface area contributed by atoms with Gasteiger partial charge in [0, 0.05) is 21.6 Å². The summed E-state index contributed by atoms with van der Waals surface area (Å²) in [5, 5.41) is 9.44. The van der Waals surface area contributed by atoms with E-state index >= 15 is 0 Å². The van der Waals surface area contributed by atoms with E-state index in [0.29, 0.717) is 11.1 Å². The number of aromatic nitrogens is 1. The molecule has 3 aromatic rings. The van der Waals surface area contributed by atoms with Crippen LogP contribution in [0.4, 0.5) is 0 Å². The molecule has 1 fully saturated rings. The van der Waals surface area contributed by atoms with Crippen molar-refractivity contribution < 1.29 is 9.21 Å². The van der Waals surface area contributed by atoms with Gasteiger partial charge in [0.1, 0.15) is 5.52 Å². The number of hydrogen-bond acceptors (Lipinski definition) is 5. The first-order valence-corrected chi connectivity index (χ1v) is 8.34. The van der Waals surface area contributed by atoms with Gasteiger partial charge in [0.25, 0.3) is 0 Å². The normalized spacial score (nSPS) is 21.0. The Morgan fingerprint density at radius 1 is 1.39 bits per heavy atom. The van der Waals surface area contributed by atoms with E-state index in [0.717, 1.165) is 6.42 Å². The number of benzene rings is 1. The topological polar surface area (TPSA) is 66.9 Å². The number of nitrogens with zero attached hydrogens (tertiary/aromatic N) is 2. The fourth-order valence-electron chi connectivity index (χ4n) is 2.94. The van der Waals surface area contributed by atoms with E-state index in [1.54, 1.807) is 17.4 Å². The molecule has 2 aromatic heterocycles. The number of oxazole rings is 1. The van der Waals surface area contributed by atoms with Gasteiger partial charge < -0.3 is 4.42 Å². The van der Waals surface area contributed by atoms with Crippen molar-refractivity contribution in [2.24, 2.45) is 5.92 Å². The third-order valence-electron chi connectivity index (χ3n) is 4.25. The molecule has 0 saturated heterocycles. The molecule has 0 radical (unpaired) electrons. The average molecular weight is 322 g/mol. The van der Waals surface area contributed by atoms with Crippen molar-refractivity contribution in [1.29, 1.82) is 5.26 Å². The summed E-state index contributed by atoms with van der Waals surface area (Å²) in [5.74, 6) is -0.616. The van der Waals surface area contributed by atoms with E-state index in [-0.39, 0.29) is 23.5 Å². The highest BCUT2D eigenvalue weighted by atomic mass is 32.1. The van der Waals surface area contributed by atoms with Crippen molar-refractivity contribution in [3.05, 3.63) is 52.0 Å². The van der Waals surface area contributed by atoms with E-state index in [9.17, 15) is 10.1 Å².